The van der Waals surface area contributed by atoms with Crippen LogP contribution in [0.4, 0.5) is 13.2 Å². The summed E-state index contributed by atoms with van der Waals surface area (Å²) in [5.41, 5.74) is -0.208. The fourth-order valence-electron chi connectivity index (χ4n) is 2.54. The average molecular weight is 260 g/mol. The predicted molar refractivity (Wildman–Crippen MR) is 62.0 cm³/mol. The number of phenolic OH excluding ortho intramolecular Hbond substituents is 1. The van der Waals surface area contributed by atoms with Gasteiger partial charge in [-0.1, -0.05) is 0 Å². The molecule has 0 aromatic heterocycles. The van der Waals surface area contributed by atoms with Crippen LogP contribution in [0, 0.1) is 0 Å². The summed E-state index contributed by atoms with van der Waals surface area (Å²) in [6, 6.07) is 3.24. The highest BCUT2D eigenvalue weighted by Crippen LogP contribution is 2.34. The smallest absolute Gasteiger partial charge is 0.416 e. The summed E-state index contributed by atoms with van der Waals surface area (Å²) < 4.78 is 38.2. The van der Waals surface area contributed by atoms with Crippen LogP contribution in [0.15, 0.2) is 18.2 Å². The lowest BCUT2D eigenvalue weighted by molar-refractivity contribution is -0.910. The summed E-state index contributed by atoms with van der Waals surface area (Å²) >= 11 is 0. The molecule has 1 aliphatic rings. The first kappa shape index (κ1) is 13.2. The number of quaternary nitrogens is 1. The standard InChI is InChI=1S/C13H16F3NO/c1-17(6-2-3-7-17)9-10-4-5-11(8-12(10)18)13(14,15)16/h4-5,8H,2-3,6-7,9H2,1H3/p+1. The summed E-state index contributed by atoms with van der Waals surface area (Å²) in [6.45, 7) is 2.62. The van der Waals surface area contributed by atoms with Gasteiger partial charge in [0.2, 0.25) is 0 Å². The van der Waals surface area contributed by atoms with E-state index in [1.165, 1.54) is 6.07 Å². The molecule has 2 rings (SSSR count). The van der Waals surface area contributed by atoms with E-state index in [4.69, 9.17) is 0 Å². The van der Waals surface area contributed by atoms with Crippen LogP contribution in [0.1, 0.15) is 24.0 Å². The van der Waals surface area contributed by atoms with Crippen molar-refractivity contribution in [2.45, 2.75) is 25.6 Å². The van der Waals surface area contributed by atoms with Crippen molar-refractivity contribution in [2.24, 2.45) is 0 Å². The van der Waals surface area contributed by atoms with E-state index in [2.05, 4.69) is 7.05 Å². The Bertz CT molecular complexity index is 436. The molecule has 0 saturated carbocycles. The second kappa shape index (κ2) is 4.46. The minimum Gasteiger partial charge on any atom is -0.507 e. The van der Waals surface area contributed by atoms with Crippen molar-refractivity contribution < 1.29 is 22.8 Å². The van der Waals surface area contributed by atoms with E-state index in [-0.39, 0.29) is 5.75 Å². The van der Waals surface area contributed by atoms with E-state index < -0.39 is 11.7 Å². The van der Waals surface area contributed by atoms with Gasteiger partial charge < -0.3 is 9.59 Å². The molecular weight excluding hydrogens is 243 g/mol. The third-order valence-electron chi connectivity index (χ3n) is 3.61. The number of nitrogens with zero attached hydrogens (tertiary/aromatic N) is 1. The van der Waals surface area contributed by atoms with Gasteiger partial charge in [-0.3, -0.25) is 0 Å². The highest BCUT2D eigenvalue weighted by Gasteiger charge is 2.32. The van der Waals surface area contributed by atoms with E-state index in [0.29, 0.717) is 12.1 Å². The number of benzene rings is 1. The zero-order valence-electron chi connectivity index (χ0n) is 10.3. The van der Waals surface area contributed by atoms with Crippen LogP contribution in [0.3, 0.4) is 0 Å². The first-order chi connectivity index (χ1) is 8.30. The molecule has 1 heterocycles. The third-order valence-corrected chi connectivity index (χ3v) is 3.61. The molecule has 1 N–H and O–H groups in total. The number of phenols is 1. The lowest BCUT2D eigenvalue weighted by Crippen LogP contribution is -2.39. The maximum absolute atomic E-state index is 12.5. The molecule has 2 nitrogen and oxygen atoms in total. The number of halogens is 3. The van der Waals surface area contributed by atoms with Crippen LogP contribution in [-0.4, -0.2) is 29.7 Å². The molecule has 0 amide bonds. The number of hydrogen-bond acceptors (Lipinski definition) is 1. The number of alkyl halides is 3. The summed E-state index contributed by atoms with van der Waals surface area (Å²) in [5.74, 6) is -0.254. The van der Waals surface area contributed by atoms with Crippen LogP contribution in [-0.2, 0) is 12.7 Å². The number of aromatic hydroxyl groups is 1. The number of hydrogen-bond donors (Lipinski definition) is 1. The normalized spacial score (nSPS) is 19.1. The van der Waals surface area contributed by atoms with Crippen LogP contribution >= 0.6 is 0 Å². The van der Waals surface area contributed by atoms with Crippen LogP contribution < -0.4 is 0 Å². The van der Waals surface area contributed by atoms with Gasteiger partial charge in [-0.15, -0.1) is 0 Å². The summed E-state index contributed by atoms with van der Waals surface area (Å²) in [7, 11) is 2.07. The van der Waals surface area contributed by atoms with Gasteiger partial charge >= 0.3 is 6.18 Å². The molecule has 0 unspecified atom stereocenters. The average Bonchev–Trinajstić information content (AvgIpc) is 2.67. The first-order valence-electron chi connectivity index (χ1n) is 6.03. The number of likely N-dealkylation sites (tertiary alicyclic amines) is 1. The van der Waals surface area contributed by atoms with Gasteiger partial charge in [0.25, 0.3) is 0 Å². The molecule has 1 aliphatic heterocycles. The monoisotopic (exact) mass is 260 g/mol. The Labute approximate surface area is 104 Å². The van der Waals surface area contributed by atoms with Crippen molar-refractivity contribution in [1.82, 2.24) is 0 Å². The van der Waals surface area contributed by atoms with E-state index >= 15 is 0 Å². The molecule has 1 aromatic rings. The predicted octanol–water partition coefficient (Wildman–Crippen LogP) is 3.15. The third kappa shape index (κ3) is 2.77. The van der Waals surface area contributed by atoms with Crippen LogP contribution in [0.5, 0.6) is 5.75 Å². The van der Waals surface area contributed by atoms with Crippen molar-refractivity contribution in [3.05, 3.63) is 29.3 Å². The van der Waals surface area contributed by atoms with Gasteiger partial charge in [0.1, 0.15) is 12.3 Å². The van der Waals surface area contributed by atoms with E-state index in [0.717, 1.165) is 42.5 Å². The van der Waals surface area contributed by atoms with Gasteiger partial charge in [-0.2, -0.15) is 13.2 Å². The fourth-order valence-corrected chi connectivity index (χ4v) is 2.54. The fraction of sp³-hybridized carbons (Fsp3) is 0.538. The Kier molecular flexibility index (Phi) is 3.27. The SMILES string of the molecule is C[N+]1(Cc2ccc(C(F)(F)F)cc2O)CCCC1. The van der Waals surface area contributed by atoms with Crippen molar-refractivity contribution in [1.29, 1.82) is 0 Å². The molecule has 18 heavy (non-hydrogen) atoms. The second-order valence-electron chi connectivity index (χ2n) is 5.27. The lowest BCUT2D eigenvalue weighted by Gasteiger charge is -2.29. The Balaban J connectivity index is 2.20. The van der Waals surface area contributed by atoms with Crippen molar-refractivity contribution in [2.75, 3.05) is 20.1 Å². The molecule has 0 radical (unpaired) electrons. The summed E-state index contributed by atoms with van der Waals surface area (Å²) in [5, 5.41) is 9.72. The van der Waals surface area contributed by atoms with E-state index in [1.54, 1.807) is 0 Å². The molecule has 1 fully saturated rings. The maximum atomic E-state index is 12.5. The zero-order chi connectivity index (χ0) is 13.4. The summed E-state index contributed by atoms with van der Waals surface area (Å²) in [6.07, 6.45) is -2.13. The van der Waals surface area contributed by atoms with E-state index in [9.17, 15) is 18.3 Å². The molecule has 100 valence electrons. The second-order valence-corrected chi connectivity index (χ2v) is 5.27. The van der Waals surface area contributed by atoms with Gasteiger partial charge in [0.05, 0.1) is 25.7 Å². The Morgan fingerprint density at radius 2 is 1.83 bits per heavy atom. The Morgan fingerprint density at radius 3 is 2.33 bits per heavy atom. The highest BCUT2D eigenvalue weighted by molar-refractivity contribution is 5.37. The molecule has 5 heteroatoms. The quantitative estimate of drug-likeness (QED) is 0.810. The molecule has 1 saturated heterocycles. The van der Waals surface area contributed by atoms with Gasteiger partial charge in [-0.05, 0) is 18.2 Å². The van der Waals surface area contributed by atoms with Crippen molar-refractivity contribution >= 4 is 0 Å². The van der Waals surface area contributed by atoms with Gasteiger partial charge in [0.15, 0.2) is 0 Å². The molecule has 1 aromatic carbocycles. The summed E-state index contributed by atoms with van der Waals surface area (Å²) in [4.78, 5) is 0. The van der Waals surface area contributed by atoms with Crippen molar-refractivity contribution in [3.8, 4) is 5.75 Å². The number of rotatable bonds is 2. The maximum Gasteiger partial charge on any atom is 0.416 e. The molecule has 0 atom stereocenters. The Morgan fingerprint density at radius 1 is 1.22 bits per heavy atom. The lowest BCUT2D eigenvalue weighted by atomic mass is 10.1. The molecular formula is C13H17F3NO+. The van der Waals surface area contributed by atoms with Crippen molar-refractivity contribution in [3.63, 3.8) is 0 Å². The molecule has 0 bridgehead atoms. The largest absolute Gasteiger partial charge is 0.507 e. The zero-order valence-corrected chi connectivity index (χ0v) is 10.3. The topological polar surface area (TPSA) is 20.2 Å². The van der Waals surface area contributed by atoms with Gasteiger partial charge in [-0.25, -0.2) is 0 Å². The Hall–Kier alpha value is -1.23. The minimum atomic E-state index is -4.40. The molecule has 0 spiro atoms. The highest BCUT2D eigenvalue weighted by atomic mass is 19.4. The molecule has 0 aliphatic carbocycles. The van der Waals surface area contributed by atoms with Crippen LogP contribution in [0.2, 0.25) is 0 Å². The van der Waals surface area contributed by atoms with E-state index in [1.807, 2.05) is 0 Å². The first-order valence-corrected chi connectivity index (χ1v) is 6.03. The minimum absolute atomic E-state index is 0.254. The van der Waals surface area contributed by atoms with Crippen LogP contribution in [0.25, 0.3) is 0 Å². The van der Waals surface area contributed by atoms with Gasteiger partial charge in [0, 0.05) is 18.4 Å².